The molecular formula is C12H13IN2O3S. The van der Waals surface area contributed by atoms with Gasteiger partial charge in [0, 0.05) is 9.13 Å². The number of sulfone groups is 1. The molecule has 0 radical (unpaired) electrons. The standard InChI is InChI=1S/C12H13IN2O3S/c1-8(2)19(16,17)7-11-14-12(15-18-11)9-3-5-10(13)6-4-9/h3-6,8H,7H2,1-2H3. The molecule has 0 saturated heterocycles. The molecule has 1 aromatic heterocycles. The molecular weight excluding hydrogens is 379 g/mol. The van der Waals surface area contributed by atoms with Gasteiger partial charge in [-0.3, -0.25) is 0 Å². The van der Waals surface area contributed by atoms with Crippen LogP contribution in [-0.2, 0) is 15.6 Å². The molecule has 1 heterocycles. The minimum atomic E-state index is -3.22. The molecule has 0 spiro atoms. The van der Waals surface area contributed by atoms with Crippen LogP contribution in [0.1, 0.15) is 19.7 Å². The van der Waals surface area contributed by atoms with Crippen LogP contribution in [0.3, 0.4) is 0 Å². The summed E-state index contributed by atoms with van der Waals surface area (Å²) in [5.74, 6) is 0.315. The van der Waals surface area contributed by atoms with Gasteiger partial charge in [0.2, 0.25) is 11.7 Å². The average molecular weight is 392 g/mol. The molecule has 2 rings (SSSR count). The molecule has 102 valence electrons. The van der Waals surface area contributed by atoms with E-state index in [1.54, 1.807) is 13.8 Å². The van der Waals surface area contributed by atoms with Crippen LogP contribution >= 0.6 is 22.6 Å². The van der Waals surface area contributed by atoms with Crippen molar-refractivity contribution in [3.8, 4) is 11.4 Å². The van der Waals surface area contributed by atoms with Crippen LogP contribution in [-0.4, -0.2) is 23.8 Å². The molecule has 7 heteroatoms. The first-order chi connectivity index (χ1) is 8.88. The Balaban J connectivity index is 2.22. The number of aromatic nitrogens is 2. The topological polar surface area (TPSA) is 73.1 Å². The van der Waals surface area contributed by atoms with E-state index in [0.717, 1.165) is 9.13 Å². The third-order valence-corrected chi connectivity index (χ3v) is 5.42. The van der Waals surface area contributed by atoms with Gasteiger partial charge in [0.1, 0.15) is 5.75 Å². The van der Waals surface area contributed by atoms with Crippen LogP contribution in [0.2, 0.25) is 0 Å². The Kier molecular flexibility index (Phi) is 4.24. The normalized spacial score (nSPS) is 12.0. The zero-order valence-electron chi connectivity index (χ0n) is 10.5. The molecule has 1 aromatic carbocycles. The quantitative estimate of drug-likeness (QED) is 0.749. The summed E-state index contributed by atoms with van der Waals surface area (Å²) in [6, 6.07) is 7.59. The monoisotopic (exact) mass is 392 g/mol. The predicted octanol–water partition coefficient (Wildman–Crippen LogP) is 2.66. The second-order valence-corrected chi connectivity index (χ2v) is 8.18. The lowest BCUT2D eigenvalue weighted by Gasteiger charge is -2.03. The van der Waals surface area contributed by atoms with Crippen molar-refractivity contribution in [1.29, 1.82) is 0 Å². The zero-order chi connectivity index (χ0) is 14.0. The van der Waals surface area contributed by atoms with E-state index in [1.165, 1.54) is 0 Å². The summed E-state index contributed by atoms with van der Waals surface area (Å²) >= 11 is 2.20. The molecule has 0 fully saturated rings. The molecule has 0 aliphatic heterocycles. The molecule has 0 N–H and O–H groups in total. The van der Waals surface area contributed by atoms with Gasteiger partial charge in [0.25, 0.3) is 0 Å². The van der Waals surface area contributed by atoms with Gasteiger partial charge in [0.15, 0.2) is 9.84 Å². The van der Waals surface area contributed by atoms with Crippen molar-refractivity contribution >= 4 is 32.4 Å². The highest BCUT2D eigenvalue weighted by molar-refractivity contribution is 14.1. The lowest BCUT2D eigenvalue weighted by atomic mass is 10.2. The number of hydrogen-bond acceptors (Lipinski definition) is 5. The van der Waals surface area contributed by atoms with Gasteiger partial charge >= 0.3 is 0 Å². The number of hydrogen-bond donors (Lipinski definition) is 0. The van der Waals surface area contributed by atoms with E-state index in [-0.39, 0.29) is 11.6 Å². The Morgan fingerprint density at radius 2 is 1.89 bits per heavy atom. The first-order valence-corrected chi connectivity index (χ1v) is 8.48. The molecule has 0 bridgehead atoms. The van der Waals surface area contributed by atoms with E-state index in [1.807, 2.05) is 24.3 Å². The van der Waals surface area contributed by atoms with Crippen molar-refractivity contribution in [2.75, 3.05) is 0 Å². The van der Waals surface area contributed by atoms with Crippen LogP contribution in [0.15, 0.2) is 28.8 Å². The Bertz CT molecular complexity index is 663. The van der Waals surface area contributed by atoms with Crippen LogP contribution < -0.4 is 0 Å². The number of benzene rings is 1. The van der Waals surface area contributed by atoms with E-state index in [0.29, 0.717) is 5.82 Å². The van der Waals surface area contributed by atoms with E-state index in [2.05, 4.69) is 32.7 Å². The predicted molar refractivity (Wildman–Crippen MR) is 80.2 cm³/mol. The Morgan fingerprint density at radius 3 is 2.47 bits per heavy atom. The maximum Gasteiger partial charge on any atom is 0.242 e. The lowest BCUT2D eigenvalue weighted by Crippen LogP contribution is -2.16. The first kappa shape index (κ1) is 14.4. The molecule has 0 aliphatic carbocycles. The molecule has 0 amide bonds. The van der Waals surface area contributed by atoms with E-state index in [9.17, 15) is 8.42 Å². The summed E-state index contributed by atoms with van der Waals surface area (Å²) in [6.45, 7) is 3.26. The fraction of sp³-hybridized carbons (Fsp3) is 0.333. The SMILES string of the molecule is CC(C)S(=O)(=O)Cc1nc(-c2ccc(I)cc2)no1. The van der Waals surface area contributed by atoms with E-state index >= 15 is 0 Å². The van der Waals surface area contributed by atoms with Crippen molar-refractivity contribution < 1.29 is 12.9 Å². The van der Waals surface area contributed by atoms with Crippen molar-refractivity contribution in [3.05, 3.63) is 33.7 Å². The van der Waals surface area contributed by atoms with Gasteiger partial charge in [-0.2, -0.15) is 4.98 Å². The minimum absolute atomic E-state index is 0.127. The van der Waals surface area contributed by atoms with Gasteiger partial charge in [-0.25, -0.2) is 8.42 Å². The Morgan fingerprint density at radius 1 is 1.26 bits per heavy atom. The molecule has 19 heavy (non-hydrogen) atoms. The van der Waals surface area contributed by atoms with E-state index in [4.69, 9.17) is 4.52 Å². The maximum absolute atomic E-state index is 11.8. The van der Waals surface area contributed by atoms with Gasteiger partial charge in [-0.1, -0.05) is 17.3 Å². The zero-order valence-corrected chi connectivity index (χ0v) is 13.5. The van der Waals surface area contributed by atoms with Gasteiger partial charge in [-0.05, 0) is 48.6 Å². The lowest BCUT2D eigenvalue weighted by molar-refractivity contribution is 0.389. The maximum atomic E-state index is 11.8. The first-order valence-electron chi connectivity index (χ1n) is 5.68. The highest BCUT2D eigenvalue weighted by atomic mass is 127. The number of nitrogens with zero attached hydrogens (tertiary/aromatic N) is 2. The van der Waals surface area contributed by atoms with Crippen molar-refractivity contribution in [1.82, 2.24) is 10.1 Å². The summed E-state index contributed by atoms with van der Waals surface area (Å²) < 4.78 is 29.6. The summed E-state index contributed by atoms with van der Waals surface area (Å²) in [7, 11) is -3.22. The Hall–Kier alpha value is -0.960. The second kappa shape index (κ2) is 5.58. The summed E-state index contributed by atoms with van der Waals surface area (Å²) in [6.07, 6.45) is 0. The molecule has 0 unspecified atom stereocenters. The average Bonchev–Trinajstić information content (AvgIpc) is 2.77. The fourth-order valence-corrected chi connectivity index (χ4v) is 2.52. The van der Waals surface area contributed by atoms with Gasteiger partial charge in [0.05, 0.1) is 5.25 Å². The van der Waals surface area contributed by atoms with Crippen LogP contribution in [0.25, 0.3) is 11.4 Å². The van der Waals surface area contributed by atoms with Crippen LogP contribution in [0.5, 0.6) is 0 Å². The highest BCUT2D eigenvalue weighted by Gasteiger charge is 2.21. The van der Waals surface area contributed by atoms with Crippen LogP contribution in [0.4, 0.5) is 0 Å². The largest absolute Gasteiger partial charge is 0.338 e. The molecule has 0 saturated carbocycles. The second-order valence-electron chi connectivity index (χ2n) is 4.37. The number of halogens is 1. The highest BCUT2D eigenvalue weighted by Crippen LogP contribution is 2.18. The molecule has 0 aliphatic rings. The van der Waals surface area contributed by atoms with Crippen LogP contribution in [0, 0.1) is 3.57 Å². The molecule has 2 aromatic rings. The third-order valence-electron chi connectivity index (χ3n) is 2.61. The summed E-state index contributed by atoms with van der Waals surface area (Å²) in [4.78, 5) is 4.12. The van der Waals surface area contributed by atoms with Gasteiger partial charge in [-0.15, -0.1) is 0 Å². The fourth-order valence-electron chi connectivity index (χ4n) is 1.37. The minimum Gasteiger partial charge on any atom is -0.338 e. The Labute approximate surface area is 125 Å². The van der Waals surface area contributed by atoms with Crippen molar-refractivity contribution in [2.45, 2.75) is 24.9 Å². The van der Waals surface area contributed by atoms with Gasteiger partial charge < -0.3 is 4.52 Å². The molecule has 0 atom stereocenters. The smallest absolute Gasteiger partial charge is 0.242 e. The summed E-state index contributed by atoms with van der Waals surface area (Å²) in [5, 5.41) is 3.35. The summed E-state index contributed by atoms with van der Waals surface area (Å²) in [5.41, 5.74) is 0.803. The van der Waals surface area contributed by atoms with Crippen molar-refractivity contribution in [2.24, 2.45) is 0 Å². The third kappa shape index (κ3) is 3.53. The van der Waals surface area contributed by atoms with E-state index < -0.39 is 15.1 Å². The molecule has 5 nitrogen and oxygen atoms in total. The number of rotatable bonds is 4. The van der Waals surface area contributed by atoms with Crippen molar-refractivity contribution in [3.63, 3.8) is 0 Å².